The van der Waals surface area contributed by atoms with E-state index in [2.05, 4.69) is 93.5 Å². The van der Waals surface area contributed by atoms with Crippen LogP contribution in [0.2, 0.25) is 0 Å². The Morgan fingerprint density at radius 1 is 0.643 bits per heavy atom. The summed E-state index contributed by atoms with van der Waals surface area (Å²) in [6.45, 7) is 4.33. The highest BCUT2D eigenvalue weighted by atomic mass is 79.9. The molecule has 0 fully saturated rings. The van der Waals surface area contributed by atoms with Crippen molar-refractivity contribution in [1.29, 1.82) is 0 Å². The number of benzene rings is 1. The molecule has 78 valence electrons. The minimum atomic E-state index is 0.458. The highest BCUT2D eigenvalue weighted by Crippen LogP contribution is 2.46. The van der Waals surface area contributed by atoms with E-state index in [1.807, 2.05) is 0 Å². The predicted octanol–water partition coefficient (Wildman–Crippen LogP) is 6.62. The molecule has 0 nitrogen and oxygen atoms in total. The van der Waals surface area contributed by atoms with E-state index in [9.17, 15) is 0 Å². The van der Waals surface area contributed by atoms with Crippen LogP contribution in [0.3, 0.4) is 0 Å². The number of rotatable bonds is 1. The van der Waals surface area contributed by atoms with Crippen LogP contribution in [0.15, 0.2) is 22.4 Å². The lowest BCUT2D eigenvalue weighted by Crippen LogP contribution is -1.94. The second-order valence-electron chi connectivity index (χ2n) is 3.14. The summed E-state index contributed by atoms with van der Waals surface area (Å²) in [7, 11) is 0. The van der Waals surface area contributed by atoms with Gasteiger partial charge in [0.25, 0.3) is 0 Å². The monoisotopic (exact) mass is 510 g/mol. The SMILES string of the molecule is CC(C)c1c(Br)c(Br)c(Br)c(Br)c1Br. The first kappa shape index (κ1) is 13.7. The van der Waals surface area contributed by atoms with Crippen LogP contribution >= 0.6 is 79.6 Å². The van der Waals surface area contributed by atoms with Crippen LogP contribution in [0.25, 0.3) is 0 Å². The van der Waals surface area contributed by atoms with Gasteiger partial charge < -0.3 is 0 Å². The zero-order chi connectivity index (χ0) is 11.0. The summed E-state index contributed by atoms with van der Waals surface area (Å²) < 4.78 is 5.28. The van der Waals surface area contributed by atoms with Crippen molar-refractivity contribution in [1.82, 2.24) is 0 Å². The van der Waals surface area contributed by atoms with Crippen molar-refractivity contribution < 1.29 is 0 Å². The molecular formula is C9H7Br5. The molecule has 0 bridgehead atoms. The molecule has 0 aliphatic rings. The maximum atomic E-state index is 3.59. The fourth-order valence-electron chi connectivity index (χ4n) is 1.13. The fourth-order valence-corrected chi connectivity index (χ4v) is 5.12. The summed E-state index contributed by atoms with van der Waals surface area (Å²) in [4.78, 5) is 0. The predicted molar refractivity (Wildman–Crippen MR) is 79.0 cm³/mol. The fraction of sp³-hybridized carbons (Fsp3) is 0.333. The van der Waals surface area contributed by atoms with Gasteiger partial charge in [0.05, 0.1) is 0 Å². The topological polar surface area (TPSA) is 0 Å². The van der Waals surface area contributed by atoms with E-state index in [-0.39, 0.29) is 0 Å². The Morgan fingerprint density at radius 3 is 1.21 bits per heavy atom. The second kappa shape index (κ2) is 5.30. The first-order valence-corrected chi connectivity index (χ1v) is 7.85. The number of halogens is 5. The summed E-state index contributed by atoms with van der Waals surface area (Å²) in [5, 5.41) is 0. The Bertz CT molecular complexity index is 341. The van der Waals surface area contributed by atoms with E-state index in [1.54, 1.807) is 0 Å². The van der Waals surface area contributed by atoms with Crippen LogP contribution in [0.4, 0.5) is 0 Å². The molecule has 0 saturated carbocycles. The average molecular weight is 515 g/mol. The zero-order valence-corrected chi connectivity index (χ0v) is 15.4. The van der Waals surface area contributed by atoms with E-state index >= 15 is 0 Å². The Morgan fingerprint density at radius 2 is 0.929 bits per heavy atom. The molecule has 0 heterocycles. The van der Waals surface area contributed by atoms with E-state index in [0.717, 1.165) is 22.4 Å². The molecule has 1 aromatic carbocycles. The lowest BCUT2D eigenvalue weighted by molar-refractivity contribution is 0.851. The van der Waals surface area contributed by atoms with Crippen LogP contribution in [-0.2, 0) is 0 Å². The van der Waals surface area contributed by atoms with Gasteiger partial charge in [-0.15, -0.1) is 0 Å². The third-order valence-electron chi connectivity index (χ3n) is 1.82. The van der Waals surface area contributed by atoms with Crippen LogP contribution in [0.5, 0.6) is 0 Å². The highest BCUT2D eigenvalue weighted by Gasteiger charge is 2.19. The van der Waals surface area contributed by atoms with Crippen molar-refractivity contribution in [3.05, 3.63) is 27.9 Å². The van der Waals surface area contributed by atoms with Gasteiger partial charge >= 0.3 is 0 Å². The van der Waals surface area contributed by atoms with Crippen LogP contribution in [0, 0.1) is 0 Å². The average Bonchev–Trinajstić information content (AvgIpc) is 2.11. The summed E-state index contributed by atoms with van der Waals surface area (Å²) >= 11 is 17.8. The molecule has 5 heteroatoms. The number of hydrogen-bond donors (Lipinski definition) is 0. The minimum absolute atomic E-state index is 0.458. The van der Waals surface area contributed by atoms with Gasteiger partial charge in [-0.05, 0) is 91.1 Å². The Hall–Kier alpha value is 1.62. The lowest BCUT2D eigenvalue weighted by Gasteiger charge is -2.16. The van der Waals surface area contributed by atoms with Gasteiger partial charge in [-0.1, -0.05) is 13.8 Å². The van der Waals surface area contributed by atoms with Gasteiger partial charge in [0, 0.05) is 22.4 Å². The normalized spacial score (nSPS) is 11.1. The molecule has 1 aromatic rings. The molecule has 0 atom stereocenters. The third-order valence-corrected chi connectivity index (χ3v) is 7.98. The molecule has 0 spiro atoms. The van der Waals surface area contributed by atoms with Gasteiger partial charge in [0.15, 0.2) is 0 Å². The molecule has 0 aromatic heterocycles. The van der Waals surface area contributed by atoms with Crippen LogP contribution in [0.1, 0.15) is 25.3 Å². The summed E-state index contributed by atoms with van der Waals surface area (Å²) in [6.07, 6.45) is 0. The quantitative estimate of drug-likeness (QED) is 0.292. The molecular weight excluding hydrogens is 508 g/mol. The van der Waals surface area contributed by atoms with Crippen molar-refractivity contribution in [3.8, 4) is 0 Å². The largest absolute Gasteiger partial charge is 0.0586 e. The first-order valence-electron chi connectivity index (χ1n) is 3.89. The Kier molecular flexibility index (Phi) is 5.18. The Balaban J connectivity index is 3.60. The van der Waals surface area contributed by atoms with Gasteiger partial charge in [-0.3, -0.25) is 0 Å². The molecule has 0 aliphatic heterocycles. The molecule has 0 N–H and O–H groups in total. The molecule has 1 rings (SSSR count). The van der Waals surface area contributed by atoms with Crippen molar-refractivity contribution in [2.45, 2.75) is 19.8 Å². The molecule has 14 heavy (non-hydrogen) atoms. The zero-order valence-electron chi connectivity index (χ0n) is 7.47. The molecule has 0 unspecified atom stereocenters. The number of hydrogen-bond acceptors (Lipinski definition) is 0. The highest BCUT2D eigenvalue weighted by molar-refractivity contribution is 9.15. The molecule has 0 saturated heterocycles. The van der Waals surface area contributed by atoms with Gasteiger partial charge in [0.2, 0.25) is 0 Å². The second-order valence-corrected chi connectivity index (χ2v) is 7.10. The first-order chi connectivity index (χ1) is 6.37. The van der Waals surface area contributed by atoms with E-state index in [4.69, 9.17) is 0 Å². The lowest BCUT2D eigenvalue weighted by atomic mass is 10.0. The molecule has 0 aliphatic carbocycles. The van der Waals surface area contributed by atoms with Crippen molar-refractivity contribution in [2.75, 3.05) is 0 Å². The Labute approximate surface area is 126 Å². The minimum Gasteiger partial charge on any atom is -0.0586 e. The molecule has 0 amide bonds. The van der Waals surface area contributed by atoms with Crippen molar-refractivity contribution >= 4 is 79.6 Å². The smallest absolute Gasteiger partial charge is 0.0482 e. The van der Waals surface area contributed by atoms with Gasteiger partial charge in [-0.2, -0.15) is 0 Å². The van der Waals surface area contributed by atoms with E-state index < -0.39 is 0 Å². The van der Waals surface area contributed by atoms with Crippen LogP contribution in [-0.4, -0.2) is 0 Å². The summed E-state index contributed by atoms with van der Waals surface area (Å²) in [5.41, 5.74) is 1.26. The van der Waals surface area contributed by atoms with E-state index in [1.165, 1.54) is 5.56 Å². The third kappa shape index (κ3) is 2.47. The maximum absolute atomic E-state index is 3.59. The van der Waals surface area contributed by atoms with Crippen molar-refractivity contribution in [2.24, 2.45) is 0 Å². The summed E-state index contributed by atoms with van der Waals surface area (Å²) in [6, 6.07) is 0. The van der Waals surface area contributed by atoms with Crippen LogP contribution < -0.4 is 0 Å². The standard InChI is InChI=1S/C9H7Br5/c1-3(2)4-5(10)7(12)9(14)8(13)6(4)11/h3H,1-2H3. The van der Waals surface area contributed by atoms with Gasteiger partial charge in [-0.25, -0.2) is 0 Å². The van der Waals surface area contributed by atoms with Gasteiger partial charge in [0.1, 0.15) is 0 Å². The molecule has 0 radical (unpaired) electrons. The van der Waals surface area contributed by atoms with Crippen molar-refractivity contribution in [3.63, 3.8) is 0 Å². The maximum Gasteiger partial charge on any atom is 0.0482 e. The van der Waals surface area contributed by atoms with E-state index in [0.29, 0.717) is 5.92 Å². The summed E-state index contributed by atoms with van der Waals surface area (Å²) in [5.74, 6) is 0.458.